The number of pyridine rings is 1. The minimum atomic E-state index is 0.0321. The first-order chi connectivity index (χ1) is 9.74. The average molecular weight is 277 g/mol. The maximum absolute atomic E-state index is 12.0. The largest absolute Gasteiger partial charge is 0.383 e. The van der Waals surface area contributed by atoms with E-state index >= 15 is 0 Å². The first-order valence-electron chi connectivity index (χ1n) is 7.17. The molecule has 1 aliphatic heterocycles. The van der Waals surface area contributed by atoms with Crippen molar-refractivity contribution < 1.29 is 9.53 Å². The van der Waals surface area contributed by atoms with Gasteiger partial charge < -0.3 is 10.1 Å². The maximum Gasteiger partial charge on any atom is 0.238 e. The third kappa shape index (κ3) is 4.28. The molecule has 5 nitrogen and oxygen atoms in total. The number of carbonyl (C=O) groups is 1. The second-order valence-electron chi connectivity index (χ2n) is 5.15. The van der Waals surface area contributed by atoms with Gasteiger partial charge in [0.2, 0.25) is 5.91 Å². The predicted molar refractivity (Wildman–Crippen MR) is 77.4 cm³/mol. The van der Waals surface area contributed by atoms with Crippen LogP contribution in [-0.4, -0.2) is 54.7 Å². The number of rotatable bonds is 8. The Bertz CT molecular complexity index is 424. The van der Waals surface area contributed by atoms with Crippen molar-refractivity contribution in [1.82, 2.24) is 15.2 Å². The van der Waals surface area contributed by atoms with Crippen molar-refractivity contribution in [2.24, 2.45) is 0 Å². The Morgan fingerprint density at radius 2 is 2.45 bits per heavy atom. The third-order valence-corrected chi connectivity index (χ3v) is 3.61. The quantitative estimate of drug-likeness (QED) is 0.716. The Morgan fingerprint density at radius 3 is 3.10 bits per heavy atom. The van der Waals surface area contributed by atoms with Gasteiger partial charge in [-0.1, -0.05) is 13.0 Å². The summed E-state index contributed by atoms with van der Waals surface area (Å²) in [6.45, 7) is 4.36. The fourth-order valence-corrected chi connectivity index (χ4v) is 2.24. The molecule has 110 valence electrons. The van der Waals surface area contributed by atoms with Gasteiger partial charge in [-0.15, -0.1) is 0 Å². The van der Waals surface area contributed by atoms with E-state index in [1.54, 1.807) is 13.3 Å². The second kappa shape index (κ2) is 7.36. The van der Waals surface area contributed by atoms with E-state index in [-0.39, 0.29) is 18.0 Å². The average Bonchev–Trinajstić information content (AvgIpc) is 3.25. The molecule has 0 radical (unpaired) electrons. The lowest BCUT2D eigenvalue weighted by Gasteiger charge is -2.15. The van der Waals surface area contributed by atoms with Crippen LogP contribution in [-0.2, 0) is 16.0 Å². The third-order valence-electron chi connectivity index (χ3n) is 3.61. The number of methoxy groups -OCH3 is 1. The first kappa shape index (κ1) is 14.9. The molecule has 0 spiro atoms. The number of nitrogens with one attached hydrogen (secondary N) is 1. The molecule has 1 saturated heterocycles. The monoisotopic (exact) mass is 277 g/mol. The fraction of sp³-hybridized carbons (Fsp3) is 0.600. The van der Waals surface area contributed by atoms with Crippen LogP contribution in [0.3, 0.4) is 0 Å². The van der Waals surface area contributed by atoms with Gasteiger partial charge in [-0.25, -0.2) is 0 Å². The van der Waals surface area contributed by atoms with E-state index in [2.05, 4.69) is 22.1 Å². The van der Waals surface area contributed by atoms with Crippen LogP contribution in [0.1, 0.15) is 19.0 Å². The number of ether oxygens (including phenoxy) is 1. The van der Waals surface area contributed by atoms with Gasteiger partial charge in [0, 0.05) is 38.5 Å². The van der Waals surface area contributed by atoms with Gasteiger partial charge in [0.05, 0.1) is 12.6 Å². The van der Waals surface area contributed by atoms with Crippen molar-refractivity contribution in [1.29, 1.82) is 0 Å². The molecule has 1 aromatic heterocycles. The van der Waals surface area contributed by atoms with Crippen LogP contribution in [0.25, 0.3) is 0 Å². The van der Waals surface area contributed by atoms with E-state index < -0.39 is 0 Å². The van der Waals surface area contributed by atoms with Crippen LogP contribution in [0.2, 0.25) is 0 Å². The SMILES string of the molecule is CCC(COC)NC(=O)C1CN1CCc1ccccn1. The number of hydrogen-bond acceptors (Lipinski definition) is 4. The minimum absolute atomic E-state index is 0.0321. The van der Waals surface area contributed by atoms with Crippen LogP contribution < -0.4 is 5.32 Å². The van der Waals surface area contributed by atoms with Crippen molar-refractivity contribution in [3.8, 4) is 0 Å². The maximum atomic E-state index is 12.0. The molecular weight excluding hydrogens is 254 g/mol. The smallest absolute Gasteiger partial charge is 0.238 e. The molecule has 3 atom stereocenters. The van der Waals surface area contributed by atoms with Crippen molar-refractivity contribution in [3.05, 3.63) is 30.1 Å². The van der Waals surface area contributed by atoms with Gasteiger partial charge >= 0.3 is 0 Å². The summed E-state index contributed by atoms with van der Waals surface area (Å²) in [5, 5.41) is 3.04. The van der Waals surface area contributed by atoms with E-state index in [4.69, 9.17) is 4.74 Å². The molecule has 0 saturated carbocycles. The molecule has 1 N–H and O–H groups in total. The number of hydrogen-bond donors (Lipinski definition) is 1. The summed E-state index contributed by atoms with van der Waals surface area (Å²) in [6.07, 6.45) is 3.58. The van der Waals surface area contributed by atoms with Gasteiger partial charge in [0.25, 0.3) is 0 Å². The summed E-state index contributed by atoms with van der Waals surface area (Å²) in [5.41, 5.74) is 1.07. The van der Waals surface area contributed by atoms with Crippen molar-refractivity contribution in [3.63, 3.8) is 0 Å². The highest BCUT2D eigenvalue weighted by Crippen LogP contribution is 2.18. The number of amides is 1. The van der Waals surface area contributed by atoms with Crippen LogP contribution in [0, 0.1) is 0 Å². The van der Waals surface area contributed by atoms with E-state index in [0.29, 0.717) is 6.61 Å². The molecule has 1 amide bonds. The zero-order valence-corrected chi connectivity index (χ0v) is 12.2. The topological polar surface area (TPSA) is 54.2 Å². The first-order valence-corrected chi connectivity index (χ1v) is 7.17. The van der Waals surface area contributed by atoms with Gasteiger partial charge in [-0.3, -0.25) is 14.7 Å². The van der Waals surface area contributed by atoms with Crippen LogP contribution in [0.5, 0.6) is 0 Å². The molecule has 2 rings (SSSR count). The van der Waals surface area contributed by atoms with Crippen molar-refractivity contribution >= 4 is 5.91 Å². The zero-order valence-electron chi connectivity index (χ0n) is 12.2. The Hall–Kier alpha value is -1.46. The molecule has 0 bridgehead atoms. The molecule has 20 heavy (non-hydrogen) atoms. The summed E-state index contributed by atoms with van der Waals surface area (Å²) >= 11 is 0. The summed E-state index contributed by atoms with van der Waals surface area (Å²) in [5.74, 6) is 0.120. The Balaban J connectivity index is 1.70. The molecule has 0 aliphatic carbocycles. The molecule has 1 fully saturated rings. The van der Waals surface area contributed by atoms with Gasteiger partial charge in [0.15, 0.2) is 0 Å². The number of nitrogens with zero attached hydrogens (tertiary/aromatic N) is 2. The number of carbonyl (C=O) groups excluding carboxylic acids is 1. The van der Waals surface area contributed by atoms with E-state index in [1.807, 2.05) is 18.2 Å². The summed E-state index contributed by atoms with van der Waals surface area (Å²) in [6, 6.07) is 6.07. The Kier molecular flexibility index (Phi) is 5.49. The molecule has 5 heteroatoms. The number of aromatic nitrogens is 1. The molecule has 1 aliphatic rings. The predicted octanol–water partition coefficient (Wildman–Crippen LogP) is 0.849. The summed E-state index contributed by atoms with van der Waals surface area (Å²) < 4.78 is 5.09. The van der Waals surface area contributed by atoms with Crippen LogP contribution >= 0.6 is 0 Å². The summed E-state index contributed by atoms with van der Waals surface area (Å²) in [4.78, 5) is 18.5. The Labute approximate surface area is 120 Å². The van der Waals surface area contributed by atoms with Crippen molar-refractivity contribution in [2.75, 3.05) is 26.8 Å². The zero-order chi connectivity index (χ0) is 14.4. The van der Waals surface area contributed by atoms with Gasteiger partial charge in [0.1, 0.15) is 6.04 Å². The highest BCUT2D eigenvalue weighted by atomic mass is 16.5. The fourth-order valence-electron chi connectivity index (χ4n) is 2.24. The normalized spacial score (nSPS) is 22.3. The highest BCUT2D eigenvalue weighted by molar-refractivity contribution is 5.84. The van der Waals surface area contributed by atoms with E-state index in [1.165, 1.54) is 0 Å². The molecule has 0 aromatic carbocycles. The lowest BCUT2D eigenvalue weighted by atomic mass is 10.2. The van der Waals surface area contributed by atoms with Crippen LogP contribution in [0.4, 0.5) is 0 Å². The van der Waals surface area contributed by atoms with Gasteiger partial charge in [-0.2, -0.15) is 0 Å². The van der Waals surface area contributed by atoms with Crippen LogP contribution in [0.15, 0.2) is 24.4 Å². The second-order valence-corrected chi connectivity index (χ2v) is 5.15. The summed E-state index contributed by atoms with van der Waals surface area (Å²) in [7, 11) is 1.66. The van der Waals surface area contributed by atoms with Gasteiger partial charge in [-0.05, 0) is 18.6 Å². The Morgan fingerprint density at radius 1 is 1.60 bits per heavy atom. The standard InChI is InChI=1S/C15H23N3O2/c1-3-12(11-20-2)17-15(19)14-10-18(14)9-7-13-6-4-5-8-16-13/h4-6,8,12,14H,3,7,9-11H2,1-2H3,(H,17,19). The lowest BCUT2D eigenvalue weighted by Crippen LogP contribution is -2.41. The van der Waals surface area contributed by atoms with E-state index in [0.717, 1.165) is 31.6 Å². The minimum Gasteiger partial charge on any atom is -0.383 e. The molecule has 3 unspecified atom stereocenters. The van der Waals surface area contributed by atoms with Crippen molar-refractivity contribution in [2.45, 2.75) is 31.8 Å². The molecular formula is C15H23N3O2. The van der Waals surface area contributed by atoms with E-state index in [9.17, 15) is 4.79 Å². The molecule has 1 aromatic rings. The highest BCUT2D eigenvalue weighted by Gasteiger charge is 2.40. The molecule has 2 heterocycles. The lowest BCUT2D eigenvalue weighted by molar-refractivity contribution is -0.122.